The third-order valence-electron chi connectivity index (χ3n) is 3.53. The van der Waals surface area contributed by atoms with Gasteiger partial charge in [-0.15, -0.1) is 0 Å². The van der Waals surface area contributed by atoms with Crippen LogP contribution in [0.3, 0.4) is 0 Å². The molecule has 0 spiro atoms. The second kappa shape index (κ2) is 7.78. The molecule has 1 fully saturated rings. The van der Waals surface area contributed by atoms with E-state index in [-0.39, 0.29) is 12.1 Å². The third-order valence-corrected chi connectivity index (χ3v) is 4.71. The lowest BCUT2D eigenvalue weighted by Gasteiger charge is -2.25. The molecule has 1 aliphatic heterocycles. The van der Waals surface area contributed by atoms with Crippen molar-refractivity contribution in [3.05, 3.63) is 26.6 Å². The van der Waals surface area contributed by atoms with Gasteiger partial charge < -0.3 is 15.2 Å². The van der Waals surface area contributed by atoms with E-state index in [1.54, 1.807) is 0 Å². The maximum Gasteiger partial charge on any atom is 0.148 e. The molecule has 0 amide bonds. The Bertz CT molecular complexity index is 424. The van der Waals surface area contributed by atoms with E-state index in [0.29, 0.717) is 0 Å². The summed E-state index contributed by atoms with van der Waals surface area (Å²) in [5.41, 5.74) is 7.24. The summed E-state index contributed by atoms with van der Waals surface area (Å²) in [4.78, 5) is 0. The highest BCUT2D eigenvalue weighted by atomic mass is 79.9. The summed E-state index contributed by atoms with van der Waals surface area (Å²) in [5.74, 6) is 0.880. The molecule has 112 valence electrons. The van der Waals surface area contributed by atoms with Gasteiger partial charge in [-0.1, -0.05) is 6.92 Å². The van der Waals surface area contributed by atoms with Crippen molar-refractivity contribution in [3.8, 4) is 5.75 Å². The zero-order valence-corrected chi connectivity index (χ0v) is 14.9. The highest BCUT2D eigenvalue weighted by molar-refractivity contribution is 9.11. The summed E-state index contributed by atoms with van der Waals surface area (Å²) < 4.78 is 13.4. The fraction of sp³-hybridized carbons (Fsp3) is 0.600. The van der Waals surface area contributed by atoms with Crippen molar-refractivity contribution in [2.75, 3.05) is 13.2 Å². The Morgan fingerprint density at radius 3 is 2.45 bits per heavy atom. The first-order chi connectivity index (χ1) is 9.60. The fourth-order valence-electron chi connectivity index (χ4n) is 2.25. The number of rotatable bonds is 5. The van der Waals surface area contributed by atoms with Gasteiger partial charge in [0.05, 0.1) is 22.2 Å². The van der Waals surface area contributed by atoms with Gasteiger partial charge in [0.15, 0.2) is 0 Å². The van der Waals surface area contributed by atoms with Crippen molar-refractivity contribution in [1.29, 1.82) is 0 Å². The van der Waals surface area contributed by atoms with Gasteiger partial charge in [0, 0.05) is 18.9 Å². The molecule has 0 bridgehead atoms. The molecule has 3 nitrogen and oxygen atoms in total. The van der Waals surface area contributed by atoms with E-state index in [1.807, 2.05) is 0 Å². The number of benzene rings is 1. The van der Waals surface area contributed by atoms with Gasteiger partial charge in [-0.3, -0.25) is 0 Å². The molecular formula is C15H21Br2NO2. The molecule has 20 heavy (non-hydrogen) atoms. The first-order valence-corrected chi connectivity index (χ1v) is 8.66. The van der Waals surface area contributed by atoms with E-state index in [1.165, 1.54) is 5.56 Å². The molecule has 1 aromatic rings. The normalized spacial score (nSPS) is 18.0. The van der Waals surface area contributed by atoms with E-state index < -0.39 is 0 Å². The number of nitrogens with two attached hydrogens (primary N) is 1. The number of hydrogen-bond donors (Lipinski definition) is 1. The van der Waals surface area contributed by atoms with Gasteiger partial charge in [0.1, 0.15) is 11.9 Å². The standard InChI is InChI=1S/C15H21Br2NO2/c1-2-11(18)7-10-8-13(16)15(14(17)9-10)20-12-3-5-19-6-4-12/h8-9,11-12H,2-7,18H2,1H3. The van der Waals surface area contributed by atoms with Crippen molar-refractivity contribution in [2.24, 2.45) is 5.73 Å². The SMILES string of the molecule is CCC(N)Cc1cc(Br)c(OC2CCOCC2)c(Br)c1. The summed E-state index contributed by atoms with van der Waals surface area (Å²) in [7, 11) is 0. The molecule has 1 atom stereocenters. The van der Waals surface area contributed by atoms with Crippen molar-refractivity contribution in [3.63, 3.8) is 0 Å². The largest absolute Gasteiger partial charge is 0.488 e. The molecule has 0 radical (unpaired) electrons. The van der Waals surface area contributed by atoms with Crippen LogP contribution in [0.4, 0.5) is 0 Å². The number of halogens is 2. The zero-order valence-electron chi connectivity index (χ0n) is 11.7. The molecule has 1 aliphatic rings. The van der Waals surface area contributed by atoms with Crippen LogP contribution in [-0.2, 0) is 11.2 Å². The maximum absolute atomic E-state index is 6.10. The summed E-state index contributed by atoms with van der Waals surface area (Å²) in [5, 5.41) is 0. The van der Waals surface area contributed by atoms with Crippen molar-refractivity contribution in [2.45, 2.75) is 44.8 Å². The molecule has 1 unspecified atom stereocenters. The van der Waals surface area contributed by atoms with Crippen LogP contribution in [0, 0.1) is 0 Å². The van der Waals surface area contributed by atoms with Gasteiger partial charge >= 0.3 is 0 Å². The Morgan fingerprint density at radius 2 is 1.90 bits per heavy atom. The van der Waals surface area contributed by atoms with E-state index in [0.717, 1.165) is 53.6 Å². The molecule has 5 heteroatoms. The second-order valence-corrected chi connectivity index (χ2v) is 6.90. The van der Waals surface area contributed by atoms with Crippen LogP contribution >= 0.6 is 31.9 Å². The minimum absolute atomic E-state index is 0.205. The minimum Gasteiger partial charge on any atom is -0.488 e. The predicted octanol–water partition coefficient (Wildman–Crippen LogP) is 4.05. The summed E-state index contributed by atoms with van der Waals surface area (Å²) in [6.07, 6.45) is 3.99. The Kier molecular flexibility index (Phi) is 6.33. The highest BCUT2D eigenvalue weighted by Crippen LogP contribution is 2.36. The van der Waals surface area contributed by atoms with Gasteiger partial charge in [0.25, 0.3) is 0 Å². The molecule has 0 aliphatic carbocycles. The summed E-state index contributed by atoms with van der Waals surface area (Å²) in [6, 6.07) is 4.42. The smallest absolute Gasteiger partial charge is 0.148 e. The monoisotopic (exact) mass is 405 g/mol. The molecule has 1 aromatic carbocycles. The Balaban J connectivity index is 2.09. The van der Waals surface area contributed by atoms with Crippen LogP contribution in [-0.4, -0.2) is 25.4 Å². The quantitative estimate of drug-likeness (QED) is 0.802. The summed E-state index contributed by atoms with van der Waals surface area (Å²) in [6.45, 7) is 3.67. The molecule has 2 rings (SSSR count). The van der Waals surface area contributed by atoms with Crippen molar-refractivity contribution in [1.82, 2.24) is 0 Å². The molecule has 0 aromatic heterocycles. The average Bonchev–Trinajstić information content (AvgIpc) is 2.44. The van der Waals surface area contributed by atoms with Gasteiger partial charge in [-0.25, -0.2) is 0 Å². The van der Waals surface area contributed by atoms with Crippen LogP contribution < -0.4 is 10.5 Å². The van der Waals surface area contributed by atoms with Gasteiger partial charge in [-0.05, 0) is 62.4 Å². The molecule has 0 saturated carbocycles. The Hall–Kier alpha value is -0.100. The number of ether oxygens (including phenoxy) is 2. The molecule has 2 N–H and O–H groups in total. The third kappa shape index (κ3) is 4.45. The van der Waals surface area contributed by atoms with E-state index in [4.69, 9.17) is 15.2 Å². The second-order valence-electron chi connectivity index (χ2n) is 5.19. The average molecular weight is 407 g/mol. The van der Waals surface area contributed by atoms with E-state index in [9.17, 15) is 0 Å². The number of hydrogen-bond acceptors (Lipinski definition) is 3. The van der Waals surface area contributed by atoms with Crippen LogP contribution in [0.15, 0.2) is 21.1 Å². The van der Waals surface area contributed by atoms with E-state index in [2.05, 4.69) is 50.9 Å². The van der Waals surface area contributed by atoms with E-state index >= 15 is 0 Å². The lowest BCUT2D eigenvalue weighted by molar-refractivity contribution is 0.0249. The Morgan fingerprint density at radius 1 is 1.30 bits per heavy atom. The molecular weight excluding hydrogens is 386 g/mol. The van der Waals surface area contributed by atoms with Crippen LogP contribution in [0.1, 0.15) is 31.7 Å². The first kappa shape index (κ1) is 16.3. The van der Waals surface area contributed by atoms with Crippen LogP contribution in [0.2, 0.25) is 0 Å². The summed E-state index contributed by atoms with van der Waals surface area (Å²) >= 11 is 7.22. The van der Waals surface area contributed by atoms with Crippen molar-refractivity contribution >= 4 is 31.9 Å². The van der Waals surface area contributed by atoms with Crippen molar-refractivity contribution < 1.29 is 9.47 Å². The minimum atomic E-state index is 0.205. The highest BCUT2D eigenvalue weighted by Gasteiger charge is 2.19. The fourth-order valence-corrected chi connectivity index (χ4v) is 3.72. The molecule has 1 heterocycles. The van der Waals surface area contributed by atoms with Crippen LogP contribution in [0.5, 0.6) is 5.75 Å². The topological polar surface area (TPSA) is 44.5 Å². The lowest BCUT2D eigenvalue weighted by Crippen LogP contribution is -2.26. The first-order valence-electron chi connectivity index (χ1n) is 7.08. The predicted molar refractivity (Wildman–Crippen MR) is 88.3 cm³/mol. The zero-order chi connectivity index (χ0) is 14.5. The van der Waals surface area contributed by atoms with Crippen LogP contribution in [0.25, 0.3) is 0 Å². The lowest BCUT2D eigenvalue weighted by atomic mass is 10.0. The molecule has 1 saturated heterocycles. The Labute approximate surface area is 137 Å². The van der Waals surface area contributed by atoms with Gasteiger partial charge in [0.2, 0.25) is 0 Å². The van der Waals surface area contributed by atoms with Gasteiger partial charge in [-0.2, -0.15) is 0 Å². The maximum atomic E-state index is 6.10.